The third kappa shape index (κ3) is 3.97. The van der Waals surface area contributed by atoms with Crippen molar-refractivity contribution in [1.82, 2.24) is 0 Å². The maximum absolute atomic E-state index is 12.8. The van der Waals surface area contributed by atoms with Crippen molar-refractivity contribution in [3.8, 4) is 0 Å². The van der Waals surface area contributed by atoms with Crippen LogP contribution >= 0.6 is 11.6 Å². The Balaban J connectivity index is 1.34. The van der Waals surface area contributed by atoms with Crippen molar-refractivity contribution in [3.63, 3.8) is 0 Å². The number of piperazine rings is 1. The van der Waals surface area contributed by atoms with Gasteiger partial charge in [0.15, 0.2) is 6.04 Å². The lowest BCUT2D eigenvalue weighted by molar-refractivity contribution is -0.914. The first kappa shape index (κ1) is 18.3. The number of nitrogens with zero attached hydrogens (tertiary/aromatic N) is 1. The Morgan fingerprint density at radius 3 is 2.63 bits per heavy atom. The lowest BCUT2D eigenvalue weighted by atomic mass is 10.1. The largest absolute Gasteiger partial charge is 0.359 e. The van der Waals surface area contributed by atoms with E-state index in [0.717, 1.165) is 49.0 Å². The molecule has 2 aromatic rings. The van der Waals surface area contributed by atoms with Gasteiger partial charge >= 0.3 is 0 Å². The number of benzene rings is 2. The predicted octanol–water partition coefficient (Wildman–Crippen LogP) is 2.56. The van der Waals surface area contributed by atoms with E-state index < -0.39 is 0 Å². The average molecular weight is 385 g/mol. The average Bonchev–Trinajstić information content (AvgIpc) is 3.16. The number of halogens is 1. The quantitative estimate of drug-likeness (QED) is 0.850. The molecule has 0 bridgehead atoms. The van der Waals surface area contributed by atoms with Crippen LogP contribution in [0.3, 0.4) is 0 Å². The smallest absolute Gasteiger partial charge is 0.282 e. The zero-order valence-corrected chi connectivity index (χ0v) is 16.6. The fourth-order valence-corrected chi connectivity index (χ4v) is 4.52. The van der Waals surface area contributed by atoms with Crippen molar-refractivity contribution >= 4 is 28.9 Å². The highest BCUT2D eigenvalue weighted by Crippen LogP contribution is 2.26. The highest BCUT2D eigenvalue weighted by molar-refractivity contribution is 6.33. The number of carbonyl (C=O) groups excluding carboxylic acids is 1. The number of para-hydroxylation sites is 1. The summed E-state index contributed by atoms with van der Waals surface area (Å²) in [4.78, 5) is 16.4. The zero-order chi connectivity index (χ0) is 18.8. The third-order valence-electron chi connectivity index (χ3n) is 5.97. The van der Waals surface area contributed by atoms with Crippen LogP contribution in [0.2, 0.25) is 5.02 Å². The molecule has 0 saturated carbocycles. The fourth-order valence-electron chi connectivity index (χ4n) is 4.26. The van der Waals surface area contributed by atoms with Gasteiger partial charge in [-0.1, -0.05) is 29.8 Å². The van der Waals surface area contributed by atoms with Gasteiger partial charge in [-0.2, -0.15) is 0 Å². The number of aryl methyl sites for hydroxylation is 2. The molecular formula is C22H27ClN3O+. The number of fused-ring (bicyclic) bond motifs is 1. The van der Waals surface area contributed by atoms with Crippen LogP contribution in [0.25, 0.3) is 0 Å². The molecule has 5 heteroatoms. The van der Waals surface area contributed by atoms with E-state index in [1.165, 1.54) is 28.9 Å². The lowest BCUT2D eigenvalue weighted by Crippen LogP contribution is -3.19. The Labute approximate surface area is 166 Å². The fraction of sp³-hybridized carbons (Fsp3) is 0.409. The normalized spacial score (nSPS) is 18.2. The number of amides is 1. The van der Waals surface area contributed by atoms with Crippen LogP contribution < -0.4 is 15.1 Å². The van der Waals surface area contributed by atoms with Gasteiger partial charge in [-0.05, 0) is 61.6 Å². The van der Waals surface area contributed by atoms with E-state index in [2.05, 4.69) is 28.4 Å². The van der Waals surface area contributed by atoms with Crippen LogP contribution in [0, 0.1) is 0 Å². The van der Waals surface area contributed by atoms with Gasteiger partial charge in [-0.25, -0.2) is 0 Å². The number of rotatable bonds is 4. The standard InChI is InChI=1S/C22H26ClN3O/c1-16(22(27)24-19-10-9-17-5-4-6-18(17)15-19)25-11-13-26(14-12-25)21-8-3-2-7-20(21)23/h2-3,7-10,15-16H,4-6,11-14H2,1H3,(H,24,27)/p+1/t16-/m0/s1. The van der Waals surface area contributed by atoms with E-state index in [9.17, 15) is 4.79 Å². The highest BCUT2D eigenvalue weighted by atomic mass is 35.5. The second-order valence-corrected chi connectivity index (χ2v) is 8.05. The molecular weight excluding hydrogens is 358 g/mol. The Hall–Kier alpha value is -2.04. The molecule has 4 rings (SSSR count). The van der Waals surface area contributed by atoms with Crippen LogP contribution in [-0.4, -0.2) is 38.1 Å². The molecule has 142 valence electrons. The van der Waals surface area contributed by atoms with Crippen molar-refractivity contribution in [3.05, 3.63) is 58.6 Å². The molecule has 0 spiro atoms. The molecule has 1 atom stereocenters. The topological polar surface area (TPSA) is 36.8 Å². The zero-order valence-electron chi connectivity index (χ0n) is 15.8. The summed E-state index contributed by atoms with van der Waals surface area (Å²) in [5.74, 6) is 0.106. The van der Waals surface area contributed by atoms with E-state index in [1.54, 1.807) is 0 Å². The summed E-state index contributed by atoms with van der Waals surface area (Å²) < 4.78 is 0. The molecule has 2 N–H and O–H groups in total. The molecule has 2 aromatic carbocycles. The molecule has 1 saturated heterocycles. The second kappa shape index (κ2) is 7.91. The molecule has 2 aliphatic rings. The van der Waals surface area contributed by atoms with E-state index >= 15 is 0 Å². The van der Waals surface area contributed by atoms with Crippen molar-refractivity contribution < 1.29 is 9.69 Å². The Morgan fingerprint density at radius 2 is 1.85 bits per heavy atom. The van der Waals surface area contributed by atoms with Gasteiger partial charge in [0.25, 0.3) is 5.91 Å². The van der Waals surface area contributed by atoms with Crippen molar-refractivity contribution in [2.24, 2.45) is 0 Å². The predicted molar refractivity (Wildman–Crippen MR) is 111 cm³/mol. The van der Waals surface area contributed by atoms with Crippen LogP contribution in [-0.2, 0) is 17.6 Å². The summed E-state index contributed by atoms with van der Waals surface area (Å²) in [5, 5.41) is 3.92. The number of carbonyl (C=O) groups is 1. The Bertz CT molecular complexity index is 830. The van der Waals surface area contributed by atoms with E-state index in [0.29, 0.717) is 0 Å². The first-order chi connectivity index (χ1) is 13.1. The minimum absolute atomic E-state index is 0.0633. The minimum atomic E-state index is -0.0633. The van der Waals surface area contributed by atoms with Gasteiger partial charge < -0.3 is 15.1 Å². The maximum Gasteiger partial charge on any atom is 0.282 e. The molecule has 4 nitrogen and oxygen atoms in total. The van der Waals surface area contributed by atoms with Crippen LogP contribution in [0.5, 0.6) is 0 Å². The summed E-state index contributed by atoms with van der Waals surface area (Å²) in [6, 6.07) is 14.3. The summed E-state index contributed by atoms with van der Waals surface area (Å²) in [7, 11) is 0. The van der Waals surface area contributed by atoms with Crippen LogP contribution in [0.4, 0.5) is 11.4 Å². The summed E-state index contributed by atoms with van der Waals surface area (Å²) in [5.41, 5.74) is 4.85. The van der Waals surface area contributed by atoms with E-state index in [4.69, 9.17) is 11.6 Å². The number of anilines is 2. The molecule has 0 unspecified atom stereocenters. The Morgan fingerprint density at radius 1 is 1.11 bits per heavy atom. The molecule has 1 amide bonds. The van der Waals surface area contributed by atoms with Crippen molar-refractivity contribution in [2.75, 3.05) is 36.4 Å². The van der Waals surface area contributed by atoms with Gasteiger partial charge in [0.05, 0.1) is 36.9 Å². The molecule has 0 aromatic heterocycles. The lowest BCUT2D eigenvalue weighted by Gasteiger charge is -2.36. The number of hydrogen-bond acceptors (Lipinski definition) is 2. The van der Waals surface area contributed by atoms with Gasteiger partial charge in [0.2, 0.25) is 0 Å². The molecule has 27 heavy (non-hydrogen) atoms. The summed E-state index contributed by atoms with van der Waals surface area (Å²) in [6.45, 7) is 5.72. The Kier molecular flexibility index (Phi) is 5.37. The molecule has 1 heterocycles. The highest BCUT2D eigenvalue weighted by Gasteiger charge is 2.30. The molecule has 1 aliphatic carbocycles. The van der Waals surface area contributed by atoms with E-state index in [-0.39, 0.29) is 11.9 Å². The molecule has 1 aliphatic heterocycles. The number of nitrogens with one attached hydrogen (secondary N) is 2. The number of quaternary nitrogens is 1. The summed E-state index contributed by atoms with van der Waals surface area (Å²) >= 11 is 6.32. The van der Waals surface area contributed by atoms with Gasteiger partial charge in [-0.15, -0.1) is 0 Å². The monoisotopic (exact) mass is 384 g/mol. The van der Waals surface area contributed by atoms with Gasteiger partial charge in [-0.3, -0.25) is 4.79 Å². The second-order valence-electron chi connectivity index (χ2n) is 7.64. The first-order valence-corrected chi connectivity index (χ1v) is 10.3. The van der Waals surface area contributed by atoms with Crippen molar-refractivity contribution in [2.45, 2.75) is 32.2 Å². The molecule has 1 fully saturated rings. The summed E-state index contributed by atoms with van der Waals surface area (Å²) in [6.07, 6.45) is 3.52. The SMILES string of the molecule is C[C@@H](C(=O)Nc1ccc2c(c1)CCC2)[NH+]1CCN(c2ccccc2Cl)CC1. The maximum atomic E-state index is 12.8. The van der Waals surface area contributed by atoms with Gasteiger partial charge in [0.1, 0.15) is 0 Å². The van der Waals surface area contributed by atoms with Crippen molar-refractivity contribution in [1.29, 1.82) is 0 Å². The number of hydrogen-bond donors (Lipinski definition) is 2. The minimum Gasteiger partial charge on any atom is -0.359 e. The van der Waals surface area contributed by atoms with Crippen LogP contribution in [0.15, 0.2) is 42.5 Å². The molecule has 0 radical (unpaired) electrons. The first-order valence-electron chi connectivity index (χ1n) is 9.88. The van der Waals surface area contributed by atoms with Crippen LogP contribution in [0.1, 0.15) is 24.5 Å². The van der Waals surface area contributed by atoms with E-state index in [1.807, 2.05) is 31.2 Å². The third-order valence-corrected chi connectivity index (χ3v) is 6.29. The van der Waals surface area contributed by atoms with Gasteiger partial charge in [0, 0.05) is 5.69 Å².